The second-order valence-electron chi connectivity index (χ2n) is 5.79. The van der Waals surface area contributed by atoms with Crippen LogP contribution in [0, 0.1) is 0 Å². The molecule has 146 valence electrons. The second kappa shape index (κ2) is 10.1. The molecule has 0 aliphatic carbocycles. The highest BCUT2D eigenvalue weighted by molar-refractivity contribution is 6.36. The Morgan fingerprint density at radius 2 is 1.93 bits per heavy atom. The van der Waals surface area contributed by atoms with Gasteiger partial charge in [0.25, 0.3) is 5.91 Å². The zero-order chi connectivity index (χ0) is 19.8. The van der Waals surface area contributed by atoms with E-state index in [9.17, 15) is 19.2 Å². The Kier molecular flexibility index (Phi) is 7.87. The number of esters is 1. The van der Waals surface area contributed by atoms with Gasteiger partial charge >= 0.3 is 5.97 Å². The molecule has 1 fully saturated rings. The fraction of sp³-hybridized carbons (Fsp3) is 0.412. The lowest BCUT2D eigenvalue weighted by Crippen LogP contribution is -2.39. The minimum Gasteiger partial charge on any atom is -0.462 e. The van der Waals surface area contributed by atoms with Crippen molar-refractivity contribution in [3.63, 3.8) is 0 Å². The summed E-state index contributed by atoms with van der Waals surface area (Å²) < 4.78 is 4.96. The summed E-state index contributed by atoms with van der Waals surface area (Å²) in [7, 11) is 0. The lowest BCUT2D eigenvalue weighted by atomic mass is 10.2. The second-order valence-corrected chi connectivity index (χ2v) is 6.63. The Morgan fingerprint density at radius 1 is 1.15 bits per heavy atom. The quantitative estimate of drug-likeness (QED) is 0.616. The summed E-state index contributed by atoms with van der Waals surface area (Å²) >= 11 is 11.7. The van der Waals surface area contributed by atoms with Crippen molar-refractivity contribution in [3.05, 3.63) is 33.8 Å². The van der Waals surface area contributed by atoms with Gasteiger partial charge in [0.15, 0.2) is 0 Å². The molecule has 8 nitrogen and oxygen atoms in total. The fourth-order valence-electron chi connectivity index (χ4n) is 2.42. The van der Waals surface area contributed by atoms with Gasteiger partial charge in [-0.25, -0.2) is 0 Å². The Bertz CT molecular complexity index is 741. The number of nitrogens with one attached hydrogen (secondary N) is 2. The van der Waals surface area contributed by atoms with Crippen molar-refractivity contribution in [2.75, 3.05) is 32.8 Å². The van der Waals surface area contributed by atoms with E-state index in [-0.39, 0.29) is 36.2 Å². The van der Waals surface area contributed by atoms with Gasteiger partial charge in [0.05, 0.1) is 23.7 Å². The number of ether oxygens (including phenoxy) is 1. The van der Waals surface area contributed by atoms with Gasteiger partial charge in [-0.2, -0.15) is 0 Å². The van der Waals surface area contributed by atoms with Crippen molar-refractivity contribution in [3.8, 4) is 0 Å². The number of hydrogen-bond donors (Lipinski definition) is 2. The monoisotopic (exact) mass is 415 g/mol. The van der Waals surface area contributed by atoms with Crippen LogP contribution in [0.3, 0.4) is 0 Å². The Balaban J connectivity index is 1.63. The molecule has 1 aliphatic heterocycles. The molecular weight excluding hydrogens is 397 g/mol. The Morgan fingerprint density at radius 3 is 2.59 bits per heavy atom. The number of carbonyl (C=O) groups excluding carboxylic acids is 4. The summed E-state index contributed by atoms with van der Waals surface area (Å²) in [6.07, 6.45) is 1.34. The van der Waals surface area contributed by atoms with Gasteiger partial charge in [0.2, 0.25) is 11.8 Å². The molecule has 1 aromatic rings. The van der Waals surface area contributed by atoms with E-state index < -0.39 is 17.8 Å². The number of halogens is 2. The highest BCUT2D eigenvalue weighted by Gasteiger charge is 2.20. The van der Waals surface area contributed by atoms with Crippen LogP contribution < -0.4 is 10.6 Å². The maximum atomic E-state index is 12.0. The van der Waals surface area contributed by atoms with Crippen molar-refractivity contribution < 1.29 is 23.9 Å². The fourth-order valence-corrected chi connectivity index (χ4v) is 2.92. The van der Waals surface area contributed by atoms with Crippen LogP contribution in [-0.2, 0) is 19.1 Å². The van der Waals surface area contributed by atoms with E-state index >= 15 is 0 Å². The topological polar surface area (TPSA) is 105 Å². The first-order valence-corrected chi connectivity index (χ1v) is 9.06. The van der Waals surface area contributed by atoms with E-state index in [1.807, 2.05) is 0 Å². The van der Waals surface area contributed by atoms with E-state index in [0.717, 1.165) is 6.42 Å². The third-order valence-electron chi connectivity index (χ3n) is 3.81. The summed E-state index contributed by atoms with van der Waals surface area (Å²) in [4.78, 5) is 48.3. The number of carbonyl (C=O) groups is 4. The minimum absolute atomic E-state index is 0.0517. The van der Waals surface area contributed by atoms with Crippen molar-refractivity contribution in [1.82, 2.24) is 15.5 Å². The van der Waals surface area contributed by atoms with Gasteiger partial charge in [0.1, 0.15) is 13.2 Å². The molecule has 0 bridgehead atoms. The van der Waals surface area contributed by atoms with Gasteiger partial charge in [-0.05, 0) is 24.6 Å². The smallest absolute Gasteiger partial charge is 0.325 e. The SMILES string of the molecule is O=C(CNC(=O)c1ccc(Cl)cc1Cl)NCC(=O)OCCN1CCCC1=O. The average molecular weight is 416 g/mol. The maximum absolute atomic E-state index is 12.0. The molecule has 0 spiro atoms. The zero-order valence-electron chi connectivity index (χ0n) is 14.4. The van der Waals surface area contributed by atoms with Gasteiger partial charge < -0.3 is 20.3 Å². The number of nitrogens with zero attached hydrogens (tertiary/aromatic N) is 1. The van der Waals surface area contributed by atoms with Crippen molar-refractivity contribution in [2.24, 2.45) is 0 Å². The predicted molar refractivity (Wildman–Crippen MR) is 98.6 cm³/mol. The van der Waals surface area contributed by atoms with Crippen LogP contribution in [0.2, 0.25) is 10.0 Å². The molecule has 0 radical (unpaired) electrons. The summed E-state index contributed by atoms with van der Waals surface area (Å²) in [6.45, 7) is 0.435. The summed E-state index contributed by atoms with van der Waals surface area (Å²) in [5.41, 5.74) is 0.185. The Labute approximate surface area is 166 Å². The third kappa shape index (κ3) is 6.73. The highest BCUT2D eigenvalue weighted by Crippen LogP contribution is 2.20. The first-order valence-electron chi connectivity index (χ1n) is 8.30. The van der Waals surface area contributed by atoms with Gasteiger partial charge in [-0.3, -0.25) is 19.2 Å². The molecule has 2 rings (SSSR count). The normalized spacial score (nSPS) is 13.4. The minimum atomic E-state index is -0.623. The Hall–Kier alpha value is -2.32. The van der Waals surface area contributed by atoms with E-state index in [1.54, 1.807) is 4.90 Å². The summed E-state index contributed by atoms with van der Waals surface area (Å²) in [5.74, 6) is -1.66. The molecule has 10 heteroatoms. The lowest BCUT2D eigenvalue weighted by Gasteiger charge is -2.15. The molecule has 1 aromatic carbocycles. The molecule has 1 aliphatic rings. The maximum Gasteiger partial charge on any atom is 0.325 e. The van der Waals surface area contributed by atoms with Crippen LogP contribution in [0.25, 0.3) is 0 Å². The van der Waals surface area contributed by atoms with Gasteiger partial charge in [-0.15, -0.1) is 0 Å². The molecule has 0 aromatic heterocycles. The van der Waals surface area contributed by atoms with Gasteiger partial charge in [0, 0.05) is 18.0 Å². The van der Waals surface area contributed by atoms with Crippen LogP contribution in [0.1, 0.15) is 23.2 Å². The van der Waals surface area contributed by atoms with E-state index in [4.69, 9.17) is 27.9 Å². The number of rotatable bonds is 8. The standard InChI is InChI=1S/C17H19Cl2N3O5/c18-11-3-4-12(13(19)8-11)17(26)21-9-14(23)20-10-16(25)27-7-6-22-5-1-2-15(22)24/h3-4,8H,1-2,5-7,9-10H2,(H,20,23)(H,21,26). The molecule has 0 unspecified atom stereocenters. The van der Waals surface area contributed by atoms with Crippen LogP contribution in [-0.4, -0.2) is 61.4 Å². The average Bonchev–Trinajstić information content (AvgIpc) is 3.03. The van der Waals surface area contributed by atoms with Crippen LogP contribution in [0.5, 0.6) is 0 Å². The highest BCUT2D eigenvalue weighted by atomic mass is 35.5. The lowest BCUT2D eigenvalue weighted by molar-refractivity contribution is -0.145. The molecule has 0 atom stereocenters. The molecule has 1 saturated heterocycles. The molecule has 3 amide bonds. The van der Waals surface area contributed by atoms with E-state index in [1.165, 1.54) is 18.2 Å². The van der Waals surface area contributed by atoms with Crippen LogP contribution in [0.15, 0.2) is 18.2 Å². The number of benzene rings is 1. The number of amides is 3. The van der Waals surface area contributed by atoms with Crippen molar-refractivity contribution >= 4 is 46.9 Å². The zero-order valence-corrected chi connectivity index (χ0v) is 15.9. The molecule has 0 saturated carbocycles. The number of likely N-dealkylation sites (tertiary alicyclic amines) is 1. The van der Waals surface area contributed by atoms with Crippen molar-refractivity contribution in [1.29, 1.82) is 0 Å². The first kappa shape index (κ1) is 21.0. The van der Waals surface area contributed by atoms with Crippen molar-refractivity contribution in [2.45, 2.75) is 12.8 Å². The molecular formula is C17H19Cl2N3O5. The molecule has 2 N–H and O–H groups in total. The first-order chi connectivity index (χ1) is 12.9. The predicted octanol–water partition coefficient (Wildman–Crippen LogP) is 1.00. The van der Waals surface area contributed by atoms with Crippen LogP contribution in [0.4, 0.5) is 0 Å². The largest absolute Gasteiger partial charge is 0.462 e. The van der Waals surface area contributed by atoms with E-state index in [2.05, 4.69) is 10.6 Å². The molecule has 1 heterocycles. The van der Waals surface area contributed by atoms with Gasteiger partial charge in [-0.1, -0.05) is 23.2 Å². The van der Waals surface area contributed by atoms with E-state index in [0.29, 0.717) is 24.5 Å². The van der Waals surface area contributed by atoms with Crippen LogP contribution >= 0.6 is 23.2 Å². The summed E-state index contributed by atoms with van der Waals surface area (Å²) in [5, 5.41) is 5.29. The molecule has 27 heavy (non-hydrogen) atoms. The number of hydrogen-bond acceptors (Lipinski definition) is 5. The summed E-state index contributed by atoms with van der Waals surface area (Å²) in [6, 6.07) is 4.37. The third-order valence-corrected chi connectivity index (χ3v) is 4.36.